The van der Waals surface area contributed by atoms with Crippen LogP contribution >= 0.6 is 23.1 Å². The Hall–Kier alpha value is -3.01. The highest BCUT2D eigenvalue weighted by molar-refractivity contribution is 8.02. The lowest BCUT2D eigenvalue weighted by Crippen LogP contribution is -2.73. The number of anilines is 1. The summed E-state index contributed by atoms with van der Waals surface area (Å²) in [5, 5.41) is 11.7. The Kier molecular flexibility index (Phi) is 10.3. The van der Waals surface area contributed by atoms with Gasteiger partial charge in [-0.05, 0) is 53.0 Å². The molecule has 3 rings (SSSR count). The number of hydrogen-bond acceptors (Lipinski definition) is 12. The van der Waals surface area contributed by atoms with E-state index in [4.69, 9.17) is 19.0 Å². The van der Waals surface area contributed by atoms with Crippen molar-refractivity contribution in [3.63, 3.8) is 0 Å². The van der Waals surface area contributed by atoms with Crippen molar-refractivity contribution in [1.29, 1.82) is 0 Å². The first-order valence-electron chi connectivity index (χ1n) is 12.4. The molecule has 13 nitrogen and oxygen atoms in total. The number of β-lactam (4-membered cyclic amide) rings is 1. The Balaban J connectivity index is 1.67. The van der Waals surface area contributed by atoms with Crippen molar-refractivity contribution >= 4 is 58.1 Å². The molecular weight excluding hydrogens is 562 g/mol. The number of rotatable bonds is 12. The summed E-state index contributed by atoms with van der Waals surface area (Å²) < 4.78 is 17.4. The second-order valence-corrected chi connectivity index (χ2v) is 12.7. The van der Waals surface area contributed by atoms with E-state index in [0.29, 0.717) is 6.41 Å². The Morgan fingerprint density at radius 3 is 2.40 bits per heavy atom. The molecule has 2 unspecified atom stereocenters. The minimum Gasteiger partial charge on any atom is -0.456 e. The fourth-order valence-electron chi connectivity index (χ4n) is 3.58. The topological polar surface area (TPSA) is 158 Å². The van der Waals surface area contributed by atoms with Crippen LogP contribution in [0.3, 0.4) is 0 Å². The van der Waals surface area contributed by atoms with Gasteiger partial charge in [0.05, 0.1) is 24.4 Å². The molecule has 1 saturated heterocycles. The first kappa shape index (κ1) is 31.5. The molecule has 1 aromatic rings. The second-order valence-electron chi connectivity index (χ2n) is 10.8. The Labute approximate surface area is 241 Å². The maximum atomic E-state index is 13.2. The van der Waals surface area contributed by atoms with Gasteiger partial charge in [-0.2, -0.15) is 0 Å². The van der Waals surface area contributed by atoms with Gasteiger partial charge in [0.2, 0.25) is 12.3 Å². The lowest BCUT2D eigenvalue weighted by Gasteiger charge is -2.50. The highest BCUT2D eigenvalue weighted by atomic mass is 32.2. The van der Waals surface area contributed by atoms with Crippen molar-refractivity contribution in [2.24, 2.45) is 5.16 Å². The summed E-state index contributed by atoms with van der Waals surface area (Å²) in [5.41, 5.74) is -0.908. The first-order chi connectivity index (χ1) is 18.7. The summed E-state index contributed by atoms with van der Waals surface area (Å²) in [6, 6.07) is -1.89. The number of thiazole rings is 1. The summed E-state index contributed by atoms with van der Waals surface area (Å²) in [6.45, 7) is 11.6. The minimum atomic E-state index is -0.971. The SMILES string of the molecule is CON=C(C(=O)NC1C(=O)N2C(C(=O)OC(COC(C)(C)C)COC(C)(C)C)C=CS[C@H]12)c1csc(NC=O)n1. The van der Waals surface area contributed by atoms with Crippen LogP contribution in [-0.4, -0.2) is 94.9 Å². The van der Waals surface area contributed by atoms with E-state index in [-0.39, 0.29) is 29.8 Å². The van der Waals surface area contributed by atoms with E-state index in [1.54, 1.807) is 11.5 Å². The smallest absolute Gasteiger partial charge is 0.333 e. The molecule has 0 bridgehead atoms. The second kappa shape index (κ2) is 13.1. The largest absolute Gasteiger partial charge is 0.456 e. The van der Waals surface area contributed by atoms with Crippen LogP contribution in [-0.2, 0) is 38.2 Å². The quantitative estimate of drug-likeness (QED) is 0.120. The number of oxime groups is 1. The van der Waals surface area contributed by atoms with Gasteiger partial charge in [-0.25, -0.2) is 9.78 Å². The van der Waals surface area contributed by atoms with Crippen molar-refractivity contribution in [2.45, 2.75) is 76.3 Å². The maximum Gasteiger partial charge on any atom is 0.333 e. The van der Waals surface area contributed by atoms with Crippen LogP contribution < -0.4 is 10.6 Å². The molecule has 2 N–H and O–H groups in total. The molecule has 1 aromatic heterocycles. The predicted octanol–water partition coefficient (Wildman–Crippen LogP) is 1.89. The molecule has 1 fully saturated rings. The van der Waals surface area contributed by atoms with Crippen molar-refractivity contribution in [3.05, 3.63) is 22.6 Å². The molecule has 3 heterocycles. The molecule has 3 atom stereocenters. The lowest BCUT2D eigenvalue weighted by atomic mass is 10.0. The van der Waals surface area contributed by atoms with Gasteiger partial charge >= 0.3 is 5.97 Å². The van der Waals surface area contributed by atoms with Gasteiger partial charge in [-0.15, -0.1) is 23.1 Å². The van der Waals surface area contributed by atoms with Crippen molar-refractivity contribution in [1.82, 2.24) is 15.2 Å². The molecule has 15 heteroatoms. The van der Waals surface area contributed by atoms with Gasteiger partial charge in [0.1, 0.15) is 36.4 Å². The Bertz CT molecular complexity index is 1140. The number of aromatic nitrogens is 1. The van der Waals surface area contributed by atoms with Gasteiger partial charge in [-0.1, -0.05) is 5.16 Å². The first-order valence-corrected chi connectivity index (χ1v) is 14.3. The van der Waals surface area contributed by atoms with Crippen LogP contribution in [0.5, 0.6) is 0 Å². The molecule has 0 aliphatic carbocycles. The zero-order chi connectivity index (χ0) is 29.7. The van der Waals surface area contributed by atoms with Crippen LogP contribution in [0, 0.1) is 0 Å². The third kappa shape index (κ3) is 8.25. The zero-order valence-corrected chi connectivity index (χ0v) is 25.1. The molecule has 3 amide bonds. The molecule has 40 heavy (non-hydrogen) atoms. The fourth-order valence-corrected chi connectivity index (χ4v) is 5.35. The van der Waals surface area contributed by atoms with E-state index in [1.165, 1.54) is 29.2 Å². The fraction of sp³-hybridized carbons (Fsp3) is 0.600. The zero-order valence-electron chi connectivity index (χ0n) is 23.5. The van der Waals surface area contributed by atoms with Gasteiger partial charge in [-0.3, -0.25) is 14.4 Å². The molecule has 2 aliphatic heterocycles. The molecule has 0 aromatic carbocycles. The van der Waals surface area contributed by atoms with Crippen LogP contribution in [0.25, 0.3) is 0 Å². The molecule has 0 saturated carbocycles. The number of esters is 1. The van der Waals surface area contributed by atoms with Gasteiger partial charge in [0.25, 0.3) is 5.91 Å². The highest BCUT2D eigenvalue weighted by Gasteiger charge is 2.54. The summed E-state index contributed by atoms with van der Waals surface area (Å²) >= 11 is 2.38. The number of thioether (sulfide) groups is 1. The summed E-state index contributed by atoms with van der Waals surface area (Å²) in [5.74, 6) is -1.78. The lowest BCUT2D eigenvalue weighted by molar-refractivity contribution is -0.175. The average molecular weight is 598 g/mol. The molecule has 0 radical (unpaired) electrons. The Morgan fingerprint density at radius 2 is 1.82 bits per heavy atom. The van der Waals surface area contributed by atoms with Crippen LogP contribution in [0.2, 0.25) is 0 Å². The molecular formula is C25H35N5O8S2. The van der Waals surface area contributed by atoms with E-state index < -0.39 is 52.5 Å². The highest BCUT2D eigenvalue weighted by Crippen LogP contribution is 2.37. The van der Waals surface area contributed by atoms with E-state index in [0.717, 1.165) is 11.3 Å². The monoisotopic (exact) mass is 597 g/mol. The summed E-state index contributed by atoms with van der Waals surface area (Å²) in [7, 11) is 1.27. The predicted molar refractivity (Wildman–Crippen MR) is 150 cm³/mol. The number of hydrogen-bond donors (Lipinski definition) is 2. The number of carbonyl (C=O) groups is 4. The van der Waals surface area contributed by atoms with Crippen molar-refractivity contribution in [3.8, 4) is 0 Å². The van der Waals surface area contributed by atoms with Gasteiger partial charge in [0.15, 0.2) is 10.8 Å². The third-order valence-corrected chi connectivity index (χ3v) is 7.27. The van der Waals surface area contributed by atoms with E-state index in [1.807, 2.05) is 41.5 Å². The van der Waals surface area contributed by atoms with Gasteiger partial charge in [0, 0.05) is 5.38 Å². The third-order valence-electron chi connectivity index (χ3n) is 5.40. The van der Waals surface area contributed by atoms with E-state index in [2.05, 4.69) is 20.8 Å². The minimum absolute atomic E-state index is 0.120. The maximum absolute atomic E-state index is 13.2. The van der Waals surface area contributed by atoms with Crippen LogP contribution in [0.4, 0.5) is 5.13 Å². The normalized spacial score (nSPS) is 21.0. The van der Waals surface area contributed by atoms with Gasteiger partial charge < -0.3 is 34.6 Å². The van der Waals surface area contributed by atoms with E-state index >= 15 is 0 Å². The number of nitrogens with zero attached hydrogens (tertiary/aromatic N) is 3. The number of ether oxygens (including phenoxy) is 3. The number of fused-ring (bicyclic) bond motifs is 1. The van der Waals surface area contributed by atoms with Crippen molar-refractivity contribution in [2.75, 3.05) is 25.6 Å². The molecule has 2 aliphatic rings. The summed E-state index contributed by atoms with van der Waals surface area (Å²) in [6.07, 6.45) is 1.36. The summed E-state index contributed by atoms with van der Waals surface area (Å²) in [4.78, 5) is 60.3. The molecule has 220 valence electrons. The van der Waals surface area contributed by atoms with Crippen LogP contribution in [0.15, 0.2) is 22.0 Å². The number of nitrogens with one attached hydrogen (secondary N) is 2. The standard InChI is InChI=1S/C25H35N5O8S2/c1-24(2,3)36-10-14(11-37-25(4,5)6)38-22(34)16-8-9-39-21-18(20(33)30(16)21)28-19(32)17(29-35-7)15-12-40-23(27-15)26-13-31/h8-9,12-14,16,18,21H,10-11H2,1-7H3,(H,28,32)(H,26,27,31)/t16?,18?,21-/m1/s1. The van der Waals surface area contributed by atoms with Crippen molar-refractivity contribution < 1.29 is 38.2 Å². The number of amides is 3. The average Bonchev–Trinajstić information content (AvgIpc) is 3.33. The van der Waals surface area contributed by atoms with E-state index in [9.17, 15) is 19.2 Å². The van der Waals surface area contributed by atoms with Crippen LogP contribution in [0.1, 0.15) is 47.2 Å². The molecule has 0 spiro atoms. The Morgan fingerprint density at radius 1 is 1.18 bits per heavy atom. The number of carbonyl (C=O) groups excluding carboxylic acids is 4.